The predicted molar refractivity (Wildman–Crippen MR) is 570 cm³/mol. The summed E-state index contributed by atoms with van der Waals surface area (Å²) < 4.78 is 11.3. The van der Waals surface area contributed by atoms with Crippen LogP contribution in [0, 0.1) is 0 Å². The summed E-state index contributed by atoms with van der Waals surface area (Å²) in [5.74, 6) is 2.28. The summed E-state index contributed by atoms with van der Waals surface area (Å²) in [6, 6.07) is 150. The summed E-state index contributed by atoms with van der Waals surface area (Å²) in [6.45, 7) is 14.3. The Morgan fingerprint density at radius 1 is 0.230 bits per heavy atom. The Morgan fingerprint density at radius 2 is 0.578 bits per heavy atom. The van der Waals surface area contributed by atoms with Crippen molar-refractivity contribution in [1.29, 1.82) is 0 Å². The molecule has 0 atom stereocenters. The molecule has 0 saturated carbocycles. The normalized spacial score (nSPS) is 13.4. The molecule has 3 aliphatic rings. The SMILES string of the molecule is CC1(C)c2ccccc2-c2sc3c4ccccc4n(-c4c5ccccc5c(-c5ccc6ccccc6c5)c5ccccc45)c3c21.CC1(C)c2ccccc2-c2sc3c4ccccc4n(-c4cc(-c5cccc(-c6ccccc6)c5)nc(-c5ccccc5)n4)c3c21.CC1(C)c2ccccc2-c2sc3c4ccccc4n(-c4nc(-c5ccccc5)cc(-c5cccc(-c6ccccc6)c5)n4)c3c21. The zero-order chi connectivity index (χ0) is 90.1. The molecular formula is C125H87N7S3. The number of thiophene rings is 3. The fourth-order valence-corrected chi connectivity index (χ4v) is 26.9. The second-order valence-electron chi connectivity index (χ2n) is 37.4. The van der Waals surface area contributed by atoms with Crippen molar-refractivity contribution >= 4 is 130 Å². The minimum absolute atomic E-state index is 0.104. The molecule has 0 radical (unpaired) electrons. The van der Waals surface area contributed by atoms with Gasteiger partial charge in [0.2, 0.25) is 5.95 Å². The lowest BCUT2D eigenvalue weighted by Crippen LogP contribution is -2.16. The number of aromatic nitrogens is 7. The van der Waals surface area contributed by atoms with Crippen LogP contribution in [-0.4, -0.2) is 33.6 Å². The maximum Gasteiger partial charge on any atom is 0.235 e. The lowest BCUT2D eigenvalue weighted by molar-refractivity contribution is 0.664. The first-order valence-electron chi connectivity index (χ1n) is 46.4. The standard InChI is InChI=1S/C43H29NS.2C41H29N3S/c1-43(2)35-21-11-9-19-33(35)41-38(43)40-42(45-41)34-20-10-12-22-36(34)44(40)39-31-17-7-5-15-29(31)37(30-16-6-8-18-32(30)39)28-24-23-26-13-3-4-14-27(26)25-28;1-41(2)32-22-11-9-20-30(32)38-36(41)37-39(45-38)31-21-10-12-23-34(31)44(37)35-25-33(42-40(43-35)27-16-7-4-8-17-27)29-19-13-18-28(24-29)26-14-5-3-6-15-26;1-41(2)32-22-11-9-20-30(32)38-36(41)37-39(45-38)31-21-10-12-23-35(31)44(37)40-42-33(27-16-7-4-8-17-27)25-34(43-40)29-19-13-18-28(24-29)26-14-5-3-6-15-26/h3*3-25H,1-2H3. The highest BCUT2D eigenvalue weighted by molar-refractivity contribution is 7.24. The van der Waals surface area contributed by atoms with E-state index in [1.807, 2.05) is 46.1 Å². The number of hydrogen-bond donors (Lipinski definition) is 0. The van der Waals surface area contributed by atoms with Crippen LogP contribution in [-0.2, 0) is 16.2 Å². The van der Waals surface area contributed by atoms with Crippen LogP contribution in [0.25, 0.3) is 223 Å². The van der Waals surface area contributed by atoms with Crippen molar-refractivity contribution in [2.75, 3.05) is 0 Å². The Hall–Kier alpha value is -15.8. The van der Waals surface area contributed by atoms with Crippen molar-refractivity contribution in [2.24, 2.45) is 0 Å². The summed E-state index contributed by atoms with van der Waals surface area (Å²) >= 11 is 5.78. The topological polar surface area (TPSA) is 66.3 Å². The third-order valence-electron chi connectivity index (χ3n) is 28.6. The molecule has 0 spiro atoms. The van der Waals surface area contributed by atoms with E-state index >= 15 is 0 Å². The van der Waals surface area contributed by atoms with E-state index in [1.165, 1.54) is 188 Å². The fraction of sp³-hybridized carbons (Fsp3) is 0.0720. The van der Waals surface area contributed by atoms with E-state index in [-0.39, 0.29) is 16.2 Å². The lowest BCUT2D eigenvalue weighted by Gasteiger charge is -2.23. The first kappa shape index (κ1) is 80.1. The van der Waals surface area contributed by atoms with Crippen LogP contribution in [0.5, 0.6) is 0 Å². The predicted octanol–water partition coefficient (Wildman–Crippen LogP) is 34.2. The van der Waals surface area contributed by atoms with Crippen LogP contribution >= 0.6 is 34.0 Å². The molecule has 8 aromatic heterocycles. The lowest BCUT2D eigenvalue weighted by atomic mass is 9.82. The number of rotatable bonds is 10. The average Bonchev–Trinajstić information content (AvgIpc) is 1.54. The van der Waals surface area contributed by atoms with E-state index in [9.17, 15) is 0 Å². The monoisotopic (exact) mass is 1780 g/mol. The van der Waals surface area contributed by atoms with Gasteiger partial charge in [-0.1, -0.05) is 412 Å². The van der Waals surface area contributed by atoms with Gasteiger partial charge in [-0.05, 0) is 131 Å². The molecule has 0 N–H and O–H groups in total. The summed E-state index contributed by atoms with van der Waals surface area (Å²) in [7, 11) is 0. The maximum atomic E-state index is 5.37. The van der Waals surface area contributed by atoms with Gasteiger partial charge in [0.25, 0.3) is 0 Å². The van der Waals surface area contributed by atoms with Gasteiger partial charge in [0.15, 0.2) is 5.82 Å². The molecular weight excluding hydrogens is 1700 g/mol. The molecule has 640 valence electrons. The Kier molecular flexibility index (Phi) is 18.5. The molecule has 0 bridgehead atoms. The minimum Gasteiger partial charge on any atom is -0.307 e. The summed E-state index contributed by atoms with van der Waals surface area (Å²) in [6.07, 6.45) is 0. The van der Waals surface area contributed by atoms with Crippen LogP contribution in [0.3, 0.4) is 0 Å². The van der Waals surface area contributed by atoms with E-state index in [4.69, 9.17) is 19.9 Å². The molecule has 8 heterocycles. The molecule has 0 saturated heterocycles. The molecule has 17 aromatic carbocycles. The van der Waals surface area contributed by atoms with Crippen molar-refractivity contribution in [1.82, 2.24) is 33.6 Å². The number of para-hydroxylation sites is 3. The van der Waals surface area contributed by atoms with Crippen molar-refractivity contribution < 1.29 is 0 Å². The Morgan fingerprint density at radius 3 is 1.06 bits per heavy atom. The fourth-order valence-electron chi connectivity index (χ4n) is 22.3. The van der Waals surface area contributed by atoms with Crippen molar-refractivity contribution in [3.63, 3.8) is 0 Å². The average molecular weight is 1780 g/mol. The highest BCUT2D eigenvalue weighted by atomic mass is 32.1. The van der Waals surface area contributed by atoms with Crippen LogP contribution < -0.4 is 0 Å². The molecule has 3 aliphatic carbocycles. The third kappa shape index (κ3) is 12.6. The van der Waals surface area contributed by atoms with Gasteiger partial charge in [-0.2, -0.15) is 0 Å². The minimum atomic E-state index is -0.153. The Labute approximate surface area is 794 Å². The smallest absolute Gasteiger partial charge is 0.235 e. The second-order valence-corrected chi connectivity index (χ2v) is 40.5. The first-order chi connectivity index (χ1) is 66.3. The van der Waals surface area contributed by atoms with E-state index in [0.29, 0.717) is 11.8 Å². The van der Waals surface area contributed by atoms with Crippen LogP contribution in [0.4, 0.5) is 0 Å². The summed E-state index contributed by atoms with van der Waals surface area (Å²) in [4.78, 5) is 25.3. The number of hydrogen-bond acceptors (Lipinski definition) is 7. The van der Waals surface area contributed by atoms with Gasteiger partial charge in [-0.15, -0.1) is 34.0 Å². The zero-order valence-corrected chi connectivity index (χ0v) is 77.6. The molecule has 25 aromatic rings. The molecule has 0 amide bonds. The van der Waals surface area contributed by atoms with E-state index < -0.39 is 0 Å². The van der Waals surface area contributed by atoms with Crippen molar-refractivity contribution in [3.05, 3.63) is 452 Å². The molecule has 135 heavy (non-hydrogen) atoms. The van der Waals surface area contributed by atoms with E-state index in [2.05, 4.69) is 462 Å². The van der Waals surface area contributed by atoms with Gasteiger partial charge in [0.05, 0.1) is 70.0 Å². The molecule has 0 fully saturated rings. The number of fused-ring (bicyclic) bond motifs is 24. The zero-order valence-electron chi connectivity index (χ0n) is 75.2. The van der Waals surface area contributed by atoms with Gasteiger partial charge in [0, 0.05) is 103 Å². The second kappa shape index (κ2) is 31.2. The maximum absolute atomic E-state index is 5.37. The van der Waals surface area contributed by atoms with E-state index in [0.717, 1.165) is 56.2 Å². The van der Waals surface area contributed by atoms with Crippen molar-refractivity contribution in [3.8, 4) is 127 Å². The largest absolute Gasteiger partial charge is 0.307 e. The molecule has 10 heteroatoms. The Bertz CT molecular complexity index is 8760. The number of nitrogens with zero attached hydrogens (tertiary/aromatic N) is 7. The van der Waals surface area contributed by atoms with Gasteiger partial charge >= 0.3 is 0 Å². The summed E-state index contributed by atoms with van der Waals surface area (Å²) in [5, 5.41) is 11.5. The third-order valence-corrected chi connectivity index (χ3v) is 32.3. The molecule has 7 nitrogen and oxygen atoms in total. The van der Waals surface area contributed by atoms with E-state index in [1.54, 1.807) is 0 Å². The molecule has 0 unspecified atom stereocenters. The van der Waals surface area contributed by atoms with Gasteiger partial charge in [-0.25, -0.2) is 19.9 Å². The molecule has 0 aliphatic heterocycles. The quantitative estimate of drug-likeness (QED) is 0.128. The highest BCUT2D eigenvalue weighted by Crippen LogP contribution is 2.62. The van der Waals surface area contributed by atoms with Gasteiger partial charge in [-0.3, -0.25) is 9.13 Å². The van der Waals surface area contributed by atoms with Crippen LogP contribution in [0.1, 0.15) is 74.9 Å². The van der Waals surface area contributed by atoms with Gasteiger partial charge < -0.3 is 4.57 Å². The number of benzene rings is 17. The van der Waals surface area contributed by atoms with Crippen LogP contribution in [0.2, 0.25) is 0 Å². The Balaban J connectivity index is 0.000000105. The van der Waals surface area contributed by atoms with Crippen LogP contribution in [0.15, 0.2) is 419 Å². The highest BCUT2D eigenvalue weighted by Gasteiger charge is 2.45. The summed E-state index contributed by atoms with van der Waals surface area (Å²) in [5.41, 5.74) is 34.8. The van der Waals surface area contributed by atoms with Crippen molar-refractivity contribution in [2.45, 2.75) is 57.8 Å². The van der Waals surface area contributed by atoms with Gasteiger partial charge in [0.1, 0.15) is 5.82 Å². The first-order valence-corrected chi connectivity index (χ1v) is 48.8. The molecule has 28 rings (SSSR count).